The number of carbonyl (C=O) groups excluding carboxylic acids is 1. The smallest absolute Gasteiger partial charge is 0.343 e. The third-order valence-corrected chi connectivity index (χ3v) is 3.23. The van der Waals surface area contributed by atoms with E-state index < -0.39 is 10.9 Å². The second-order valence-corrected chi connectivity index (χ2v) is 4.68. The number of hydrogen-bond acceptors (Lipinski definition) is 7. The number of aromatic amines is 1. The van der Waals surface area contributed by atoms with E-state index in [1.165, 1.54) is 10.7 Å². The first-order valence-electron chi connectivity index (χ1n) is 6.73. The number of nitrogens with one attached hydrogen (secondary N) is 1. The molecule has 118 valence electrons. The Bertz CT molecular complexity index is 912. The Morgan fingerprint density at radius 2 is 2.26 bits per heavy atom. The van der Waals surface area contributed by atoms with E-state index in [9.17, 15) is 14.9 Å². The van der Waals surface area contributed by atoms with Gasteiger partial charge in [-0.05, 0) is 13.8 Å². The summed E-state index contributed by atoms with van der Waals surface area (Å²) in [7, 11) is 0. The van der Waals surface area contributed by atoms with Gasteiger partial charge in [-0.1, -0.05) is 0 Å². The van der Waals surface area contributed by atoms with Gasteiger partial charge in [0.25, 0.3) is 0 Å². The molecule has 0 atom stereocenters. The van der Waals surface area contributed by atoms with Crippen LogP contribution in [0.15, 0.2) is 18.6 Å². The van der Waals surface area contributed by atoms with Crippen LogP contribution in [0, 0.1) is 17.0 Å². The highest BCUT2D eigenvalue weighted by molar-refractivity contribution is 5.97. The molecule has 0 spiro atoms. The molecule has 3 rings (SSSR count). The summed E-state index contributed by atoms with van der Waals surface area (Å²) in [5, 5.41) is 21.4. The molecule has 3 aromatic rings. The molecule has 10 heteroatoms. The van der Waals surface area contributed by atoms with Gasteiger partial charge in [-0.3, -0.25) is 15.2 Å². The van der Waals surface area contributed by atoms with Gasteiger partial charge in [-0.25, -0.2) is 14.3 Å². The zero-order chi connectivity index (χ0) is 16.6. The van der Waals surface area contributed by atoms with Crippen LogP contribution in [0.2, 0.25) is 0 Å². The average Bonchev–Trinajstić information content (AvgIpc) is 3.09. The van der Waals surface area contributed by atoms with Gasteiger partial charge in [-0.2, -0.15) is 10.2 Å². The first-order valence-corrected chi connectivity index (χ1v) is 6.73. The normalized spacial score (nSPS) is 10.9. The molecular formula is C13H12N6O4. The number of rotatable bonds is 4. The summed E-state index contributed by atoms with van der Waals surface area (Å²) in [4.78, 5) is 26.6. The lowest BCUT2D eigenvalue weighted by atomic mass is 10.2. The van der Waals surface area contributed by atoms with Crippen molar-refractivity contribution in [2.75, 3.05) is 6.61 Å². The molecule has 3 aromatic heterocycles. The number of nitrogens with zero attached hydrogens (tertiary/aromatic N) is 5. The van der Waals surface area contributed by atoms with Crippen LogP contribution in [-0.2, 0) is 4.74 Å². The van der Waals surface area contributed by atoms with Crippen LogP contribution in [-0.4, -0.2) is 42.3 Å². The van der Waals surface area contributed by atoms with Gasteiger partial charge in [0, 0.05) is 18.0 Å². The fourth-order valence-electron chi connectivity index (χ4n) is 2.25. The first kappa shape index (κ1) is 14.6. The minimum absolute atomic E-state index is 0.166. The fourth-order valence-corrected chi connectivity index (χ4v) is 2.25. The van der Waals surface area contributed by atoms with Crippen LogP contribution in [0.1, 0.15) is 23.0 Å². The molecule has 0 radical (unpaired) electrons. The topological polar surface area (TPSA) is 128 Å². The number of aryl methyl sites for hydroxylation is 1. The quantitative estimate of drug-likeness (QED) is 0.439. The van der Waals surface area contributed by atoms with Crippen LogP contribution in [0.5, 0.6) is 0 Å². The monoisotopic (exact) mass is 316 g/mol. The van der Waals surface area contributed by atoms with Crippen LogP contribution >= 0.6 is 0 Å². The molecule has 0 aromatic carbocycles. The van der Waals surface area contributed by atoms with Gasteiger partial charge in [0.15, 0.2) is 5.65 Å². The van der Waals surface area contributed by atoms with Gasteiger partial charge in [0.1, 0.15) is 17.5 Å². The van der Waals surface area contributed by atoms with Crippen molar-refractivity contribution in [1.29, 1.82) is 0 Å². The van der Waals surface area contributed by atoms with E-state index in [-0.39, 0.29) is 23.6 Å². The molecule has 0 bridgehead atoms. The first-order chi connectivity index (χ1) is 11.0. The molecule has 0 saturated heterocycles. The Morgan fingerprint density at radius 1 is 1.48 bits per heavy atom. The largest absolute Gasteiger partial charge is 0.462 e. The lowest BCUT2D eigenvalue weighted by Crippen LogP contribution is -2.06. The van der Waals surface area contributed by atoms with E-state index in [0.717, 1.165) is 6.20 Å². The van der Waals surface area contributed by atoms with E-state index in [1.807, 2.05) is 0 Å². The molecule has 0 fully saturated rings. The van der Waals surface area contributed by atoms with E-state index in [2.05, 4.69) is 20.3 Å². The minimum Gasteiger partial charge on any atom is -0.462 e. The number of ether oxygens (including phenoxy) is 1. The summed E-state index contributed by atoms with van der Waals surface area (Å²) < 4.78 is 6.38. The maximum atomic E-state index is 12.0. The van der Waals surface area contributed by atoms with E-state index in [0.29, 0.717) is 16.9 Å². The SMILES string of the molecule is CCOC(=O)c1c(C)nn2cc(-c3[nH]ncc3[N+](=O)[O-])cnc12. The number of H-pyrrole nitrogens is 1. The Kier molecular flexibility index (Phi) is 3.48. The molecule has 0 aliphatic rings. The molecule has 0 aliphatic carbocycles. The summed E-state index contributed by atoms with van der Waals surface area (Å²) in [6.45, 7) is 3.62. The predicted molar refractivity (Wildman–Crippen MR) is 77.9 cm³/mol. The molecule has 0 amide bonds. The van der Waals surface area contributed by atoms with Crippen molar-refractivity contribution in [3.8, 4) is 11.3 Å². The van der Waals surface area contributed by atoms with Crippen molar-refractivity contribution in [3.63, 3.8) is 0 Å². The molecule has 10 nitrogen and oxygen atoms in total. The molecular weight excluding hydrogens is 304 g/mol. The van der Waals surface area contributed by atoms with E-state index in [1.54, 1.807) is 20.0 Å². The second kappa shape index (κ2) is 5.48. The van der Waals surface area contributed by atoms with Gasteiger partial charge >= 0.3 is 11.7 Å². The summed E-state index contributed by atoms with van der Waals surface area (Å²) in [6, 6.07) is 0. The van der Waals surface area contributed by atoms with Crippen molar-refractivity contribution in [3.05, 3.63) is 40.0 Å². The van der Waals surface area contributed by atoms with Gasteiger partial charge in [0.05, 0.1) is 17.2 Å². The van der Waals surface area contributed by atoms with Gasteiger partial charge in [0.2, 0.25) is 0 Å². The summed E-state index contributed by atoms with van der Waals surface area (Å²) in [6.07, 6.45) is 4.08. The highest BCUT2D eigenvalue weighted by Gasteiger charge is 2.22. The number of hydrogen-bond donors (Lipinski definition) is 1. The molecule has 0 aliphatic heterocycles. The number of esters is 1. The lowest BCUT2D eigenvalue weighted by molar-refractivity contribution is -0.384. The third kappa shape index (κ3) is 2.39. The Morgan fingerprint density at radius 3 is 2.96 bits per heavy atom. The van der Waals surface area contributed by atoms with Crippen LogP contribution in [0.4, 0.5) is 5.69 Å². The van der Waals surface area contributed by atoms with Crippen molar-refractivity contribution in [2.24, 2.45) is 0 Å². The number of nitro groups is 1. The molecule has 23 heavy (non-hydrogen) atoms. The average molecular weight is 316 g/mol. The van der Waals surface area contributed by atoms with Crippen molar-refractivity contribution >= 4 is 17.3 Å². The highest BCUT2D eigenvalue weighted by Crippen LogP contribution is 2.27. The summed E-state index contributed by atoms with van der Waals surface area (Å²) >= 11 is 0. The maximum Gasteiger partial charge on any atom is 0.343 e. The van der Waals surface area contributed by atoms with Crippen molar-refractivity contribution < 1.29 is 14.5 Å². The van der Waals surface area contributed by atoms with E-state index >= 15 is 0 Å². The summed E-state index contributed by atoms with van der Waals surface area (Å²) in [5.74, 6) is -0.507. The number of fused-ring (bicyclic) bond motifs is 1. The predicted octanol–water partition coefficient (Wildman–Crippen LogP) is 1.51. The minimum atomic E-state index is -0.540. The molecule has 0 unspecified atom stereocenters. The van der Waals surface area contributed by atoms with Crippen molar-refractivity contribution in [1.82, 2.24) is 24.8 Å². The molecule has 0 saturated carbocycles. The highest BCUT2D eigenvalue weighted by atomic mass is 16.6. The van der Waals surface area contributed by atoms with Crippen LogP contribution in [0.25, 0.3) is 16.9 Å². The zero-order valence-corrected chi connectivity index (χ0v) is 12.3. The maximum absolute atomic E-state index is 12.0. The number of carbonyl (C=O) groups is 1. The van der Waals surface area contributed by atoms with Crippen LogP contribution in [0.3, 0.4) is 0 Å². The summed E-state index contributed by atoms with van der Waals surface area (Å²) in [5.41, 5.74) is 1.55. The standard InChI is InChI=1S/C13H12N6O4/c1-3-23-13(20)10-7(2)17-18-6-8(4-14-12(10)18)11-9(19(21)22)5-15-16-11/h4-6H,3H2,1-2H3,(H,15,16). The Hall–Kier alpha value is -3.30. The molecule has 1 N–H and O–H groups in total. The molecule has 3 heterocycles. The lowest BCUT2D eigenvalue weighted by Gasteiger charge is -2.01. The number of aromatic nitrogens is 5. The Labute approximate surface area is 129 Å². The van der Waals surface area contributed by atoms with E-state index in [4.69, 9.17) is 4.74 Å². The van der Waals surface area contributed by atoms with Crippen molar-refractivity contribution in [2.45, 2.75) is 13.8 Å². The second-order valence-electron chi connectivity index (χ2n) is 4.68. The Balaban J connectivity index is 2.12. The fraction of sp³-hybridized carbons (Fsp3) is 0.231. The van der Waals surface area contributed by atoms with Gasteiger partial charge < -0.3 is 4.74 Å². The van der Waals surface area contributed by atoms with Gasteiger partial charge in [-0.15, -0.1) is 0 Å². The zero-order valence-electron chi connectivity index (χ0n) is 12.3. The third-order valence-electron chi connectivity index (χ3n) is 3.23. The van der Waals surface area contributed by atoms with Crippen LogP contribution < -0.4 is 0 Å².